The number of hydrogen-bond acceptors (Lipinski definition) is 3. The molecule has 65 valence electrons. The van der Waals surface area contributed by atoms with Crippen LogP contribution in [0.15, 0.2) is 12.7 Å². The van der Waals surface area contributed by atoms with Gasteiger partial charge < -0.3 is 13.6 Å². The molecule has 0 heterocycles. The Balaban J connectivity index is 3.72. The lowest BCUT2D eigenvalue weighted by molar-refractivity contribution is 0.0646. The first-order valence-corrected chi connectivity index (χ1v) is 4.79. The zero-order valence-corrected chi connectivity index (χ0v) is 8.26. The van der Waals surface area contributed by atoms with E-state index in [1.165, 1.54) is 0 Å². The average Bonchev–Trinajstić information content (AvgIpc) is 1.87. The second kappa shape index (κ2) is 4.66. The highest BCUT2D eigenvalue weighted by Gasteiger charge is 2.23. The Hall–Kier alpha value is -0.163. The highest BCUT2D eigenvalue weighted by molar-refractivity contribution is 6.34. The van der Waals surface area contributed by atoms with E-state index in [2.05, 4.69) is 6.58 Å². The minimum Gasteiger partial charge on any atom is -0.387 e. The maximum absolute atomic E-state index is 9.13. The Labute approximate surface area is 69.6 Å². The first-order chi connectivity index (χ1) is 5.02. The summed E-state index contributed by atoms with van der Waals surface area (Å²) in [5.74, 6) is 0. The normalized spacial score (nSPS) is 12.1. The molecule has 0 unspecified atom stereocenters. The molecule has 0 bridgehead atoms. The van der Waals surface area contributed by atoms with Gasteiger partial charge in [-0.1, -0.05) is 6.08 Å². The molecule has 0 saturated heterocycles. The third-order valence-corrected chi connectivity index (χ3v) is 2.35. The van der Waals surface area contributed by atoms with Gasteiger partial charge in [0.2, 0.25) is 0 Å². The van der Waals surface area contributed by atoms with Crippen LogP contribution in [0.4, 0.5) is 0 Å². The summed E-state index contributed by atoms with van der Waals surface area (Å²) < 4.78 is 10.0. The van der Waals surface area contributed by atoms with Crippen molar-refractivity contribution in [2.45, 2.75) is 26.4 Å². The Morgan fingerprint density at radius 2 is 2.18 bits per heavy atom. The summed E-state index contributed by atoms with van der Waals surface area (Å²) >= 11 is 0. The van der Waals surface area contributed by atoms with Gasteiger partial charge in [-0.15, -0.1) is 6.58 Å². The van der Waals surface area contributed by atoms with Crippen molar-refractivity contribution in [2.24, 2.45) is 0 Å². The van der Waals surface area contributed by atoms with Crippen molar-refractivity contribution in [1.29, 1.82) is 0 Å². The monoisotopic (exact) mass is 175 g/mol. The van der Waals surface area contributed by atoms with Crippen LogP contribution in [0.2, 0.25) is 0 Å². The highest BCUT2D eigenvalue weighted by Crippen LogP contribution is 2.10. The SMILES string of the molecule is C=CC(C)(C)O[Si](O)OCC. The molecule has 0 rings (SSSR count). The van der Waals surface area contributed by atoms with Crippen molar-refractivity contribution in [1.82, 2.24) is 0 Å². The van der Waals surface area contributed by atoms with Gasteiger partial charge in [-0.3, -0.25) is 0 Å². The summed E-state index contributed by atoms with van der Waals surface area (Å²) in [5.41, 5.74) is -0.502. The third-order valence-electron chi connectivity index (χ3n) is 1.11. The number of hydrogen-bond donors (Lipinski definition) is 1. The van der Waals surface area contributed by atoms with Crippen molar-refractivity contribution >= 4 is 9.53 Å². The molecule has 0 amide bonds. The van der Waals surface area contributed by atoms with E-state index in [1.807, 2.05) is 20.8 Å². The molecule has 0 aliphatic heterocycles. The summed E-state index contributed by atoms with van der Waals surface area (Å²) in [6.45, 7) is 9.49. The Bertz CT molecular complexity index is 125. The van der Waals surface area contributed by atoms with Crippen LogP contribution >= 0.6 is 0 Å². The number of rotatable bonds is 5. The van der Waals surface area contributed by atoms with Gasteiger partial charge in [-0.05, 0) is 20.8 Å². The van der Waals surface area contributed by atoms with Gasteiger partial charge in [0, 0.05) is 6.61 Å². The molecule has 0 spiro atoms. The molecular weight excluding hydrogens is 160 g/mol. The second-order valence-electron chi connectivity index (χ2n) is 2.61. The van der Waals surface area contributed by atoms with Crippen LogP contribution in [0.25, 0.3) is 0 Å². The molecule has 1 N–H and O–H groups in total. The van der Waals surface area contributed by atoms with E-state index in [4.69, 9.17) is 13.6 Å². The molecule has 11 heavy (non-hydrogen) atoms. The van der Waals surface area contributed by atoms with Crippen LogP contribution < -0.4 is 0 Å². The van der Waals surface area contributed by atoms with Gasteiger partial charge in [0.25, 0.3) is 0 Å². The molecule has 0 aromatic carbocycles. The van der Waals surface area contributed by atoms with Crippen LogP contribution in [-0.4, -0.2) is 26.5 Å². The van der Waals surface area contributed by atoms with Crippen molar-refractivity contribution in [3.63, 3.8) is 0 Å². The van der Waals surface area contributed by atoms with E-state index in [0.717, 1.165) is 0 Å². The molecule has 0 saturated carbocycles. The van der Waals surface area contributed by atoms with Crippen LogP contribution in [-0.2, 0) is 8.85 Å². The van der Waals surface area contributed by atoms with E-state index in [-0.39, 0.29) is 0 Å². The first-order valence-electron chi connectivity index (χ1n) is 3.53. The third kappa shape index (κ3) is 5.14. The Morgan fingerprint density at radius 3 is 2.55 bits per heavy atom. The van der Waals surface area contributed by atoms with Crippen LogP contribution in [0.5, 0.6) is 0 Å². The molecule has 3 nitrogen and oxygen atoms in total. The van der Waals surface area contributed by atoms with E-state index in [9.17, 15) is 0 Å². The fourth-order valence-electron chi connectivity index (χ4n) is 0.420. The molecule has 4 heteroatoms. The lowest BCUT2D eigenvalue weighted by Gasteiger charge is -2.21. The van der Waals surface area contributed by atoms with E-state index in [0.29, 0.717) is 6.61 Å². The lowest BCUT2D eigenvalue weighted by atomic mass is 10.1. The molecule has 1 radical (unpaired) electrons. The first kappa shape index (κ1) is 10.8. The van der Waals surface area contributed by atoms with Gasteiger partial charge in [0.05, 0.1) is 5.60 Å². The molecular formula is C7H15O3Si. The van der Waals surface area contributed by atoms with E-state index in [1.54, 1.807) is 6.08 Å². The maximum atomic E-state index is 9.13. The molecule has 0 fully saturated rings. The summed E-state index contributed by atoms with van der Waals surface area (Å²) in [7, 11) is -2.08. The van der Waals surface area contributed by atoms with Gasteiger partial charge in [0.1, 0.15) is 0 Å². The fraction of sp³-hybridized carbons (Fsp3) is 0.714. The molecule has 0 aromatic rings. The standard InChI is InChI=1S/C7H15O3Si/c1-5-7(3,4)10-11(8)9-6-2/h5,8H,1,6H2,2-4H3. The summed E-state index contributed by atoms with van der Waals surface area (Å²) in [6.07, 6.45) is 1.63. The van der Waals surface area contributed by atoms with Crippen molar-refractivity contribution in [2.75, 3.05) is 6.61 Å². The van der Waals surface area contributed by atoms with Crippen molar-refractivity contribution in [3.8, 4) is 0 Å². The molecule has 0 aliphatic rings. The maximum Gasteiger partial charge on any atom is 0.575 e. The molecule has 0 aromatic heterocycles. The topological polar surface area (TPSA) is 38.7 Å². The van der Waals surface area contributed by atoms with Crippen molar-refractivity contribution in [3.05, 3.63) is 12.7 Å². The summed E-state index contributed by atoms with van der Waals surface area (Å²) in [4.78, 5) is 9.13. The van der Waals surface area contributed by atoms with Gasteiger partial charge in [-0.25, -0.2) is 0 Å². The summed E-state index contributed by atoms with van der Waals surface area (Å²) in [6, 6.07) is 0. The van der Waals surface area contributed by atoms with Crippen molar-refractivity contribution < 1.29 is 13.6 Å². The van der Waals surface area contributed by atoms with Gasteiger partial charge in [-0.2, -0.15) is 0 Å². The lowest BCUT2D eigenvalue weighted by Crippen LogP contribution is -2.34. The van der Waals surface area contributed by atoms with E-state index < -0.39 is 15.1 Å². The van der Waals surface area contributed by atoms with Crippen LogP contribution in [0, 0.1) is 0 Å². The minimum absolute atomic E-state index is 0.470. The quantitative estimate of drug-likeness (QED) is 0.500. The average molecular weight is 175 g/mol. The minimum atomic E-state index is -2.08. The predicted octanol–water partition coefficient (Wildman–Crippen LogP) is 0.981. The predicted molar refractivity (Wildman–Crippen MR) is 45.0 cm³/mol. The second-order valence-corrected chi connectivity index (χ2v) is 3.63. The highest BCUT2D eigenvalue weighted by atomic mass is 28.3. The largest absolute Gasteiger partial charge is 0.575 e. The molecule has 0 aliphatic carbocycles. The molecule has 0 atom stereocenters. The fourth-order valence-corrected chi connectivity index (χ4v) is 1.26. The summed E-state index contributed by atoms with van der Waals surface area (Å²) in [5, 5.41) is 0. The Kier molecular flexibility index (Phi) is 4.59. The van der Waals surface area contributed by atoms with Gasteiger partial charge >= 0.3 is 9.53 Å². The van der Waals surface area contributed by atoms with E-state index >= 15 is 0 Å². The smallest absolute Gasteiger partial charge is 0.387 e. The van der Waals surface area contributed by atoms with Crippen LogP contribution in [0.1, 0.15) is 20.8 Å². The zero-order chi connectivity index (χ0) is 8.91. The van der Waals surface area contributed by atoms with Gasteiger partial charge in [0.15, 0.2) is 0 Å². The van der Waals surface area contributed by atoms with Crippen LogP contribution in [0.3, 0.4) is 0 Å². The Morgan fingerprint density at radius 1 is 1.64 bits per heavy atom. The zero-order valence-electron chi connectivity index (χ0n) is 7.26.